The third kappa shape index (κ3) is 1.56. The van der Waals surface area contributed by atoms with Crippen LogP contribution in [0.3, 0.4) is 0 Å². The monoisotopic (exact) mass is 266 g/mol. The Labute approximate surface area is 117 Å². The van der Waals surface area contributed by atoms with Crippen molar-refractivity contribution in [1.82, 2.24) is 0 Å². The number of fused-ring (bicyclic) bond motifs is 2. The molecule has 2 aliphatic rings. The molecular formula is C17H14O3. The Kier molecular flexibility index (Phi) is 2.36. The van der Waals surface area contributed by atoms with Gasteiger partial charge >= 0.3 is 0 Å². The van der Waals surface area contributed by atoms with Gasteiger partial charge in [-0.05, 0) is 35.2 Å². The first-order valence-corrected chi connectivity index (χ1v) is 6.80. The molecule has 0 aromatic heterocycles. The molecule has 1 aliphatic carbocycles. The van der Waals surface area contributed by atoms with Gasteiger partial charge in [0, 0.05) is 11.5 Å². The molecule has 0 saturated carbocycles. The van der Waals surface area contributed by atoms with Crippen molar-refractivity contribution in [2.75, 3.05) is 6.79 Å². The van der Waals surface area contributed by atoms with E-state index in [0.29, 0.717) is 0 Å². The summed E-state index contributed by atoms with van der Waals surface area (Å²) in [5.74, 6) is 1.89. The fraction of sp³-hybridized carbons (Fsp3) is 0.235. The first kappa shape index (κ1) is 11.5. The summed E-state index contributed by atoms with van der Waals surface area (Å²) in [4.78, 5) is 12.1. The predicted octanol–water partition coefficient (Wildman–Crippen LogP) is 3.46. The lowest BCUT2D eigenvalue weighted by Gasteiger charge is -2.08. The highest BCUT2D eigenvalue weighted by molar-refractivity contribution is 6.04. The number of rotatable bonds is 1. The minimum Gasteiger partial charge on any atom is -0.454 e. The van der Waals surface area contributed by atoms with E-state index >= 15 is 0 Å². The third-order valence-corrected chi connectivity index (χ3v) is 4.08. The van der Waals surface area contributed by atoms with Crippen LogP contribution in [0.25, 0.3) is 11.1 Å². The Hall–Kier alpha value is -2.29. The zero-order valence-electron chi connectivity index (χ0n) is 11.2. The van der Waals surface area contributed by atoms with Crippen LogP contribution in [-0.2, 0) is 6.42 Å². The summed E-state index contributed by atoms with van der Waals surface area (Å²) < 4.78 is 10.8. The Balaban J connectivity index is 1.86. The zero-order chi connectivity index (χ0) is 13.7. The van der Waals surface area contributed by atoms with Crippen LogP contribution in [-0.4, -0.2) is 12.6 Å². The molecule has 3 heteroatoms. The molecule has 0 radical (unpaired) electrons. The standard InChI is InChI=1S/C17H14O3/c1-10-7-14-12(3-2-4-13(14)17(10)18)11-5-6-15-16(8-11)20-9-19-15/h2-6,8,10H,7,9H2,1H3. The van der Waals surface area contributed by atoms with E-state index in [0.717, 1.165) is 40.2 Å². The van der Waals surface area contributed by atoms with Gasteiger partial charge in [0.2, 0.25) is 6.79 Å². The molecule has 0 spiro atoms. The quantitative estimate of drug-likeness (QED) is 0.793. The molecule has 1 atom stereocenters. The lowest BCUT2D eigenvalue weighted by Crippen LogP contribution is -2.02. The van der Waals surface area contributed by atoms with E-state index in [-0.39, 0.29) is 18.5 Å². The summed E-state index contributed by atoms with van der Waals surface area (Å²) in [5, 5.41) is 0. The summed E-state index contributed by atoms with van der Waals surface area (Å²) >= 11 is 0. The summed E-state index contributed by atoms with van der Waals surface area (Å²) in [6.07, 6.45) is 0.818. The molecule has 100 valence electrons. The van der Waals surface area contributed by atoms with Gasteiger partial charge in [-0.3, -0.25) is 4.79 Å². The lowest BCUT2D eigenvalue weighted by molar-refractivity contribution is 0.0946. The van der Waals surface area contributed by atoms with Gasteiger partial charge in [-0.1, -0.05) is 31.2 Å². The minimum atomic E-state index is 0.0835. The highest BCUT2D eigenvalue weighted by Crippen LogP contribution is 2.39. The summed E-state index contributed by atoms with van der Waals surface area (Å²) in [7, 11) is 0. The number of ether oxygens (including phenoxy) is 2. The number of ketones is 1. The Morgan fingerprint density at radius 1 is 1.05 bits per heavy atom. The van der Waals surface area contributed by atoms with Gasteiger partial charge in [0.1, 0.15) is 0 Å². The van der Waals surface area contributed by atoms with E-state index in [1.165, 1.54) is 0 Å². The fourth-order valence-electron chi connectivity index (χ4n) is 3.04. The van der Waals surface area contributed by atoms with Gasteiger partial charge in [-0.15, -0.1) is 0 Å². The van der Waals surface area contributed by atoms with E-state index in [2.05, 4.69) is 6.07 Å². The summed E-state index contributed by atoms with van der Waals surface area (Å²) in [5.41, 5.74) is 4.23. The predicted molar refractivity (Wildman–Crippen MR) is 75.2 cm³/mol. The molecule has 0 amide bonds. The first-order chi connectivity index (χ1) is 9.74. The number of hydrogen-bond donors (Lipinski definition) is 0. The molecule has 0 fully saturated rings. The van der Waals surface area contributed by atoms with Crippen molar-refractivity contribution < 1.29 is 14.3 Å². The second kappa shape index (κ2) is 4.10. The molecule has 4 rings (SSSR count). The number of benzene rings is 2. The van der Waals surface area contributed by atoms with Crippen molar-refractivity contribution in [2.24, 2.45) is 5.92 Å². The van der Waals surface area contributed by atoms with Gasteiger partial charge in [0.25, 0.3) is 0 Å². The number of hydrogen-bond acceptors (Lipinski definition) is 3. The average molecular weight is 266 g/mol. The zero-order valence-corrected chi connectivity index (χ0v) is 11.2. The van der Waals surface area contributed by atoms with Crippen LogP contribution in [0.4, 0.5) is 0 Å². The largest absolute Gasteiger partial charge is 0.454 e. The van der Waals surface area contributed by atoms with E-state index in [4.69, 9.17) is 9.47 Å². The normalized spacial score (nSPS) is 19.2. The van der Waals surface area contributed by atoms with E-state index < -0.39 is 0 Å². The third-order valence-electron chi connectivity index (χ3n) is 4.08. The lowest BCUT2D eigenvalue weighted by atomic mass is 9.96. The molecular weight excluding hydrogens is 252 g/mol. The smallest absolute Gasteiger partial charge is 0.231 e. The van der Waals surface area contributed by atoms with E-state index in [9.17, 15) is 4.79 Å². The Bertz CT molecular complexity index is 718. The molecule has 0 bridgehead atoms. The fourth-order valence-corrected chi connectivity index (χ4v) is 3.04. The van der Waals surface area contributed by atoms with Gasteiger partial charge < -0.3 is 9.47 Å². The second-order valence-corrected chi connectivity index (χ2v) is 5.37. The molecule has 1 aliphatic heterocycles. The first-order valence-electron chi connectivity index (χ1n) is 6.80. The highest BCUT2D eigenvalue weighted by atomic mass is 16.7. The van der Waals surface area contributed by atoms with Crippen molar-refractivity contribution in [3.8, 4) is 22.6 Å². The van der Waals surface area contributed by atoms with Crippen LogP contribution in [0.1, 0.15) is 22.8 Å². The molecule has 20 heavy (non-hydrogen) atoms. The van der Waals surface area contributed by atoms with E-state index in [1.807, 2.05) is 37.3 Å². The van der Waals surface area contributed by atoms with Crippen LogP contribution in [0.2, 0.25) is 0 Å². The Morgan fingerprint density at radius 3 is 2.75 bits per heavy atom. The summed E-state index contributed by atoms with van der Waals surface area (Å²) in [6, 6.07) is 11.9. The van der Waals surface area contributed by atoms with Crippen LogP contribution >= 0.6 is 0 Å². The minimum absolute atomic E-state index is 0.0835. The Morgan fingerprint density at radius 2 is 1.85 bits per heavy atom. The maximum Gasteiger partial charge on any atom is 0.231 e. The number of carbonyl (C=O) groups excluding carboxylic acids is 1. The summed E-state index contributed by atoms with van der Waals surface area (Å²) in [6.45, 7) is 2.27. The molecule has 2 aromatic rings. The maximum atomic E-state index is 12.1. The van der Waals surface area contributed by atoms with Crippen LogP contribution in [0, 0.1) is 5.92 Å². The van der Waals surface area contributed by atoms with Gasteiger partial charge in [-0.2, -0.15) is 0 Å². The topological polar surface area (TPSA) is 35.5 Å². The molecule has 0 saturated heterocycles. The van der Waals surface area contributed by atoms with Gasteiger partial charge in [0.05, 0.1) is 0 Å². The molecule has 3 nitrogen and oxygen atoms in total. The van der Waals surface area contributed by atoms with Crippen LogP contribution in [0.5, 0.6) is 11.5 Å². The van der Waals surface area contributed by atoms with Gasteiger partial charge in [-0.25, -0.2) is 0 Å². The average Bonchev–Trinajstić information content (AvgIpc) is 3.04. The van der Waals surface area contributed by atoms with Crippen LogP contribution in [0.15, 0.2) is 36.4 Å². The van der Waals surface area contributed by atoms with Crippen molar-refractivity contribution in [2.45, 2.75) is 13.3 Å². The van der Waals surface area contributed by atoms with Crippen molar-refractivity contribution in [1.29, 1.82) is 0 Å². The number of carbonyl (C=O) groups is 1. The molecule has 1 heterocycles. The SMILES string of the molecule is CC1Cc2c(cccc2-c2ccc3c(c2)OCO3)C1=O. The second-order valence-electron chi connectivity index (χ2n) is 5.37. The van der Waals surface area contributed by atoms with Gasteiger partial charge in [0.15, 0.2) is 17.3 Å². The van der Waals surface area contributed by atoms with Crippen LogP contribution < -0.4 is 9.47 Å². The number of Topliss-reactive ketones (excluding diaryl/α,β-unsaturated/α-hetero) is 1. The van der Waals surface area contributed by atoms with Crippen molar-refractivity contribution in [3.05, 3.63) is 47.5 Å². The highest BCUT2D eigenvalue weighted by Gasteiger charge is 2.29. The molecule has 1 unspecified atom stereocenters. The molecule has 0 N–H and O–H groups in total. The van der Waals surface area contributed by atoms with E-state index in [1.54, 1.807) is 0 Å². The van der Waals surface area contributed by atoms with Crippen molar-refractivity contribution >= 4 is 5.78 Å². The maximum absolute atomic E-state index is 12.1. The molecule has 2 aromatic carbocycles. The van der Waals surface area contributed by atoms with Crippen molar-refractivity contribution in [3.63, 3.8) is 0 Å².